The van der Waals surface area contributed by atoms with Crippen LogP contribution >= 0.6 is 11.6 Å². The first-order valence-electron chi connectivity index (χ1n) is 6.65. The first-order chi connectivity index (χ1) is 9.58. The summed E-state index contributed by atoms with van der Waals surface area (Å²) < 4.78 is 15.0. The molecular weight excluding hydrogens is 275 g/mol. The number of aryl methyl sites for hydroxylation is 1. The van der Waals surface area contributed by atoms with Crippen LogP contribution in [-0.4, -0.2) is 11.5 Å². The van der Waals surface area contributed by atoms with Gasteiger partial charge in [0.25, 0.3) is 0 Å². The van der Waals surface area contributed by atoms with Crippen LogP contribution in [-0.2, 0) is 12.8 Å². The lowest BCUT2D eigenvalue weighted by Crippen LogP contribution is -2.40. The lowest BCUT2D eigenvalue weighted by Gasteiger charge is -2.29. The predicted octanol–water partition coefficient (Wildman–Crippen LogP) is 4.42. The summed E-state index contributed by atoms with van der Waals surface area (Å²) in [5, 5.41) is 0.613. The van der Waals surface area contributed by atoms with Crippen LogP contribution in [0.2, 0.25) is 5.02 Å². The summed E-state index contributed by atoms with van der Waals surface area (Å²) in [6.45, 7) is 0. The maximum Gasteiger partial charge on any atom is 0.200 e. The van der Waals surface area contributed by atoms with Gasteiger partial charge in [-0.15, -0.1) is 0 Å². The highest BCUT2D eigenvalue weighted by Gasteiger charge is 2.42. The summed E-state index contributed by atoms with van der Waals surface area (Å²) in [7, 11) is 0. The van der Waals surface area contributed by atoms with Gasteiger partial charge in [0, 0.05) is 17.0 Å². The Hall–Kier alpha value is -1.67. The third-order valence-electron chi connectivity index (χ3n) is 3.86. The van der Waals surface area contributed by atoms with E-state index in [9.17, 15) is 4.79 Å². The van der Waals surface area contributed by atoms with Crippen molar-refractivity contribution in [3.63, 3.8) is 0 Å². The van der Waals surface area contributed by atoms with E-state index in [0.717, 1.165) is 11.1 Å². The molecule has 0 spiro atoms. The molecule has 3 heteroatoms. The van der Waals surface area contributed by atoms with Gasteiger partial charge in [-0.2, -0.15) is 0 Å². The van der Waals surface area contributed by atoms with Crippen molar-refractivity contribution in [3.05, 3.63) is 70.2 Å². The van der Waals surface area contributed by atoms with E-state index in [4.69, 9.17) is 11.6 Å². The van der Waals surface area contributed by atoms with Gasteiger partial charge in [-0.05, 0) is 36.1 Å². The minimum absolute atomic E-state index is 0.108. The molecule has 0 N–H and O–H groups in total. The molecule has 20 heavy (non-hydrogen) atoms. The minimum atomic E-state index is -1.80. The molecule has 0 radical (unpaired) electrons. The van der Waals surface area contributed by atoms with Gasteiger partial charge in [0.2, 0.25) is 5.78 Å². The number of carbonyl (C=O) groups is 1. The van der Waals surface area contributed by atoms with Crippen molar-refractivity contribution in [2.45, 2.75) is 24.9 Å². The van der Waals surface area contributed by atoms with Crippen LogP contribution in [0.1, 0.15) is 27.9 Å². The van der Waals surface area contributed by atoms with Crippen molar-refractivity contribution in [1.29, 1.82) is 0 Å². The zero-order valence-electron chi connectivity index (χ0n) is 10.9. The second-order valence-corrected chi connectivity index (χ2v) is 5.69. The van der Waals surface area contributed by atoms with E-state index in [1.807, 2.05) is 12.1 Å². The Kier molecular flexibility index (Phi) is 3.35. The lowest BCUT2D eigenvalue weighted by molar-refractivity contribution is 0.0637. The number of ketones is 1. The molecule has 0 fully saturated rings. The first kappa shape index (κ1) is 13.3. The molecule has 1 nitrogen and oxygen atoms in total. The van der Waals surface area contributed by atoms with Crippen molar-refractivity contribution in [2.24, 2.45) is 0 Å². The number of benzene rings is 2. The summed E-state index contributed by atoms with van der Waals surface area (Å²) in [6, 6.07) is 14.3. The zero-order valence-corrected chi connectivity index (χ0v) is 11.7. The van der Waals surface area contributed by atoms with Gasteiger partial charge in [-0.3, -0.25) is 4.79 Å². The average molecular weight is 289 g/mol. The third kappa shape index (κ3) is 2.36. The highest BCUT2D eigenvalue weighted by atomic mass is 35.5. The third-order valence-corrected chi connectivity index (χ3v) is 4.11. The second kappa shape index (κ2) is 5.02. The predicted molar refractivity (Wildman–Crippen MR) is 78.1 cm³/mol. The normalized spacial score (nSPS) is 21.6. The van der Waals surface area contributed by atoms with Crippen LogP contribution in [0.3, 0.4) is 0 Å². The number of alkyl halides is 1. The second-order valence-electron chi connectivity index (χ2n) is 5.25. The molecule has 0 aliphatic heterocycles. The molecule has 0 saturated carbocycles. The fourth-order valence-corrected chi connectivity index (χ4v) is 2.87. The standard InChI is InChI=1S/C17H14ClFO/c18-14-7-5-12(6-8-14)11-17(19)10-9-13-3-1-2-4-15(13)16(17)20/h1-8H,9-11H2/t17-/m0/s1. The van der Waals surface area contributed by atoms with E-state index >= 15 is 4.39 Å². The number of hydrogen-bond acceptors (Lipinski definition) is 1. The summed E-state index contributed by atoms with van der Waals surface area (Å²) in [6.07, 6.45) is 0.953. The van der Waals surface area contributed by atoms with Crippen LogP contribution in [0.15, 0.2) is 48.5 Å². The Labute approximate surface area is 122 Å². The molecule has 0 amide bonds. The van der Waals surface area contributed by atoms with E-state index in [-0.39, 0.29) is 12.8 Å². The van der Waals surface area contributed by atoms with Gasteiger partial charge >= 0.3 is 0 Å². The minimum Gasteiger partial charge on any atom is -0.291 e. The molecule has 1 aliphatic rings. The Morgan fingerprint density at radius 1 is 1.10 bits per heavy atom. The van der Waals surface area contributed by atoms with Crippen molar-refractivity contribution in [3.8, 4) is 0 Å². The molecule has 102 valence electrons. The molecular formula is C17H14ClFO. The molecule has 0 heterocycles. The van der Waals surface area contributed by atoms with Gasteiger partial charge < -0.3 is 0 Å². The van der Waals surface area contributed by atoms with Crippen LogP contribution in [0.25, 0.3) is 0 Å². The fraction of sp³-hybridized carbons (Fsp3) is 0.235. The molecule has 0 unspecified atom stereocenters. The monoisotopic (exact) mass is 288 g/mol. The Morgan fingerprint density at radius 2 is 1.80 bits per heavy atom. The van der Waals surface area contributed by atoms with E-state index in [0.29, 0.717) is 17.0 Å². The molecule has 0 bridgehead atoms. The van der Waals surface area contributed by atoms with Gasteiger partial charge in [0.15, 0.2) is 5.67 Å². The summed E-state index contributed by atoms with van der Waals surface area (Å²) in [5.74, 6) is -0.394. The van der Waals surface area contributed by atoms with Gasteiger partial charge in [0.1, 0.15) is 0 Å². The highest BCUT2D eigenvalue weighted by Crippen LogP contribution is 2.34. The lowest BCUT2D eigenvalue weighted by atomic mass is 9.77. The van der Waals surface area contributed by atoms with Crippen molar-refractivity contribution >= 4 is 17.4 Å². The SMILES string of the molecule is O=C1c2ccccc2CC[C@]1(F)Cc1ccc(Cl)cc1. The van der Waals surface area contributed by atoms with Crippen molar-refractivity contribution in [1.82, 2.24) is 0 Å². The Balaban J connectivity index is 1.90. The van der Waals surface area contributed by atoms with Crippen molar-refractivity contribution < 1.29 is 9.18 Å². The summed E-state index contributed by atoms with van der Waals surface area (Å²) >= 11 is 5.82. The topological polar surface area (TPSA) is 17.1 Å². The number of halogens is 2. The number of Topliss-reactive ketones (excluding diaryl/α,β-unsaturated/α-hetero) is 1. The number of rotatable bonds is 2. The van der Waals surface area contributed by atoms with Gasteiger partial charge in [0.05, 0.1) is 0 Å². The smallest absolute Gasteiger partial charge is 0.200 e. The molecule has 3 rings (SSSR count). The highest BCUT2D eigenvalue weighted by molar-refractivity contribution is 6.30. The largest absolute Gasteiger partial charge is 0.291 e. The van der Waals surface area contributed by atoms with E-state index in [2.05, 4.69) is 0 Å². The van der Waals surface area contributed by atoms with Crippen molar-refractivity contribution in [2.75, 3.05) is 0 Å². The maximum absolute atomic E-state index is 15.0. The Morgan fingerprint density at radius 3 is 2.55 bits per heavy atom. The maximum atomic E-state index is 15.0. The summed E-state index contributed by atoms with van der Waals surface area (Å²) in [5.41, 5.74) is 0.462. The number of carbonyl (C=O) groups excluding carboxylic acids is 1. The molecule has 0 aromatic heterocycles. The molecule has 0 saturated heterocycles. The Bertz CT molecular complexity index is 650. The van der Waals surface area contributed by atoms with Crippen LogP contribution in [0.5, 0.6) is 0 Å². The zero-order chi connectivity index (χ0) is 14.2. The summed E-state index contributed by atoms with van der Waals surface area (Å²) in [4.78, 5) is 12.4. The number of hydrogen-bond donors (Lipinski definition) is 0. The fourth-order valence-electron chi connectivity index (χ4n) is 2.74. The molecule has 2 aromatic rings. The van der Waals surface area contributed by atoms with E-state index in [1.54, 1.807) is 36.4 Å². The van der Waals surface area contributed by atoms with E-state index < -0.39 is 11.5 Å². The van der Waals surface area contributed by atoms with Gasteiger partial charge in [-0.1, -0.05) is 48.0 Å². The molecule has 1 aliphatic carbocycles. The first-order valence-corrected chi connectivity index (χ1v) is 7.02. The number of fused-ring (bicyclic) bond motifs is 1. The van der Waals surface area contributed by atoms with Crippen LogP contribution in [0, 0.1) is 0 Å². The van der Waals surface area contributed by atoms with E-state index in [1.165, 1.54) is 0 Å². The average Bonchev–Trinajstić information content (AvgIpc) is 2.46. The quantitative estimate of drug-likeness (QED) is 0.799. The van der Waals surface area contributed by atoms with Gasteiger partial charge in [-0.25, -0.2) is 4.39 Å². The van der Waals surface area contributed by atoms with Crippen LogP contribution < -0.4 is 0 Å². The molecule has 2 aromatic carbocycles. The molecule has 1 atom stereocenters. The van der Waals surface area contributed by atoms with Crippen LogP contribution in [0.4, 0.5) is 4.39 Å².